The molecule has 2 heterocycles. The second kappa shape index (κ2) is 12.3. The number of ether oxygens (including phenoxy) is 2. The van der Waals surface area contributed by atoms with E-state index in [4.69, 9.17) is 44.9 Å². The highest BCUT2D eigenvalue weighted by atomic mass is 35.5. The quantitative estimate of drug-likeness (QED) is 0.265. The number of nitrogens with zero attached hydrogens (tertiary/aromatic N) is 3. The molecule has 2 amide bonds. The lowest BCUT2D eigenvalue weighted by Crippen LogP contribution is -2.42. The Morgan fingerprint density at radius 1 is 1.10 bits per heavy atom. The summed E-state index contributed by atoms with van der Waals surface area (Å²) >= 11 is 17.9. The van der Waals surface area contributed by atoms with Crippen molar-refractivity contribution in [2.75, 3.05) is 29.4 Å². The maximum atomic E-state index is 13.6. The number of hydrazine groups is 1. The average molecular weight is 588 g/mol. The molecule has 1 fully saturated rings. The van der Waals surface area contributed by atoms with Gasteiger partial charge in [-0.1, -0.05) is 23.2 Å². The molecule has 1 unspecified atom stereocenters. The maximum absolute atomic E-state index is 13.6. The van der Waals surface area contributed by atoms with Gasteiger partial charge in [0.25, 0.3) is 5.91 Å². The van der Waals surface area contributed by atoms with Crippen LogP contribution in [-0.2, 0) is 14.3 Å². The van der Waals surface area contributed by atoms with Crippen LogP contribution in [0.25, 0.3) is 0 Å². The first-order chi connectivity index (χ1) is 18.7. The fourth-order valence-electron chi connectivity index (χ4n) is 3.77. The smallest absolute Gasteiger partial charge is 0.338 e. The minimum absolute atomic E-state index is 0.0922. The highest BCUT2D eigenvalue weighted by Crippen LogP contribution is 2.31. The van der Waals surface area contributed by atoms with Crippen molar-refractivity contribution in [1.82, 2.24) is 9.99 Å². The van der Waals surface area contributed by atoms with Crippen LogP contribution < -0.4 is 20.4 Å². The van der Waals surface area contributed by atoms with Crippen molar-refractivity contribution in [2.24, 2.45) is 0 Å². The second-order valence-corrected chi connectivity index (χ2v) is 9.39. The Morgan fingerprint density at radius 3 is 2.41 bits per heavy atom. The third kappa shape index (κ3) is 6.39. The van der Waals surface area contributed by atoms with Crippen molar-refractivity contribution in [1.29, 1.82) is 0 Å². The highest BCUT2D eigenvalue weighted by molar-refractivity contribution is 7.80. The van der Waals surface area contributed by atoms with Gasteiger partial charge < -0.3 is 14.8 Å². The number of amides is 2. The van der Waals surface area contributed by atoms with Gasteiger partial charge in [0.15, 0.2) is 5.82 Å². The van der Waals surface area contributed by atoms with E-state index in [2.05, 4.69) is 15.7 Å². The number of esters is 1. The molecular weight excluding hydrogens is 565 g/mol. The van der Waals surface area contributed by atoms with Crippen molar-refractivity contribution in [3.63, 3.8) is 0 Å². The number of benzene rings is 2. The predicted molar refractivity (Wildman–Crippen MR) is 152 cm³/mol. The van der Waals surface area contributed by atoms with E-state index in [9.17, 15) is 14.4 Å². The average Bonchev–Trinajstić information content (AvgIpc) is 3.14. The number of pyridine rings is 1. The Kier molecular flexibility index (Phi) is 8.85. The molecule has 0 saturated carbocycles. The molecule has 4 rings (SSSR count). The Labute approximate surface area is 239 Å². The summed E-state index contributed by atoms with van der Waals surface area (Å²) in [6, 6.07) is 13.4. The summed E-state index contributed by atoms with van der Waals surface area (Å²) in [4.78, 5) is 44.0. The summed E-state index contributed by atoms with van der Waals surface area (Å²) in [5.74, 6) is -0.550. The van der Waals surface area contributed by atoms with Gasteiger partial charge in [0.1, 0.15) is 11.8 Å². The lowest BCUT2D eigenvalue weighted by Gasteiger charge is -2.25. The van der Waals surface area contributed by atoms with Crippen LogP contribution in [0.2, 0.25) is 10.0 Å². The molecule has 0 radical (unpaired) electrons. The van der Waals surface area contributed by atoms with Crippen molar-refractivity contribution in [3.8, 4) is 5.75 Å². The fourth-order valence-corrected chi connectivity index (χ4v) is 4.56. The molecule has 0 aliphatic carbocycles. The molecular formula is C26H23Cl2N5O5S. The summed E-state index contributed by atoms with van der Waals surface area (Å²) in [5.41, 5.74) is 4.24. The first-order valence-corrected chi connectivity index (χ1v) is 12.8. The van der Waals surface area contributed by atoms with Crippen LogP contribution in [0.4, 0.5) is 17.2 Å². The van der Waals surface area contributed by atoms with E-state index in [0.29, 0.717) is 27.7 Å². The molecule has 0 bridgehead atoms. The number of aromatic nitrogens is 1. The van der Waals surface area contributed by atoms with Gasteiger partial charge in [-0.3, -0.25) is 19.9 Å². The number of rotatable bonds is 9. The topological polar surface area (TPSA) is 113 Å². The van der Waals surface area contributed by atoms with Crippen molar-refractivity contribution < 1.29 is 23.9 Å². The largest absolute Gasteiger partial charge is 0.497 e. The molecule has 2 aromatic carbocycles. The van der Waals surface area contributed by atoms with Gasteiger partial charge in [0.05, 0.1) is 41.4 Å². The molecule has 1 aromatic heterocycles. The van der Waals surface area contributed by atoms with Crippen LogP contribution in [0.5, 0.6) is 5.75 Å². The van der Waals surface area contributed by atoms with Crippen LogP contribution in [-0.4, -0.2) is 52.6 Å². The molecule has 1 aliphatic heterocycles. The number of hydrogen-bond donors (Lipinski definition) is 2. The van der Waals surface area contributed by atoms with Gasteiger partial charge in [0.2, 0.25) is 11.0 Å². The number of thiocarbonyl (C=S) groups is 1. The van der Waals surface area contributed by atoms with E-state index in [-0.39, 0.29) is 29.0 Å². The summed E-state index contributed by atoms with van der Waals surface area (Å²) in [5, 5.41) is 4.73. The molecule has 13 heteroatoms. The molecule has 1 saturated heterocycles. The molecule has 39 heavy (non-hydrogen) atoms. The first-order valence-electron chi connectivity index (χ1n) is 11.7. The monoisotopic (exact) mass is 587 g/mol. The zero-order valence-electron chi connectivity index (χ0n) is 20.8. The lowest BCUT2D eigenvalue weighted by atomic mass is 10.1. The van der Waals surface area contributed by atoms with Crippen LogP contribution in [0, 0.1) is 0 Å². The van der Waals surface area contributed by atoms with Crippen LogP contribution in [0.3, 0.4) is 0 Å². The number of nitrogens with one attached hydrogen (secondary N) is 2. The normalized spacial score (nSPS) is 14.8. The maximum Gasteiger partial charge on any atom is 0.338 e. The third-order valence-corrected chi connectivity index (χ3v) is 6.51. The second-order valence-electron chi connectivity index (χ2n) is 8.19. The van der Waals surface area contributed by atoms with Gasteiger partial charge in [-0.25, -0.2) is 14.8 Å². The SMILES string of the molecule is CCOC(=O)c1ccc(NC(=O)CC2C(=O)N(c3ccc(OC)cc3)C(=S)N2Nc2ncc(Cl)cc2Cl)cc1. The number of halogens is 2. The molecule has 1 atom stereocenters. The van der Waals surface area contributed by atoms with E-state index >= 15 is 0 Å². The molecule has 2 N–H and O–H groups in total. The standard InChI is InChI=1S/C26H23Cl2N5O5S/c1-3-38-25(36)15-4-6-17(7-5-15)30-22(34)13-21-24(35)32(18-8-10-19(37-2)11-9-18)26(39)33(21)31-23-20(28)12-16(27)14-29-23/h4-12,14,21H,3,13H2,1-2H3,(H,29,31)(H,30,34). The van der Waals surface area contributed by atoms with Crippen molar-refractivity contribution in [3.05, 3.63) is 76.4 Å². The molecule has 10 nitrogen and oxygen atoms in total. The highest BCUT2D eigenvalue weighted by Gasteiger charge is 2.45. The molecule has 3 aromatic rings. The summed E-state index contributed by atoms with van der Waals surface area (Å²) in [6.07, 6.45) is 1.13. The van der Waals surface area contributed by atoms with E-state index < -0.39 is 23.8 Å². The molecule has 202 valence electrons. The lowest BCUT2D eigenvalue weighted by molar-refractivity contribution is -0.124. The number of carbonyl (C=O) groups excluding carboxylic acids is 3. The van der Waals surface area contributed by atoms with Crippen LogP contribution in [0.1, 0.15) is 23.7 Å². The number of carbonyl (C=O) groups is 3. The minimum Gasteiger partial charge on any atom is -0.497 e. The Balaban J connectivity index is 1.57. The first kappa shape index (κ1) is 28.1. The Morgan fingerprint density at radius 2 is 1.79 bits per heavy atom. The number of hydrogen-bond acceptors (Lipinski definition) is 8. The number of methoxy groups -OCH3 is 1. The van der Waals surface area contributed by atoms with Crippen LogP contribution in [0.15, 0.2) is 60.8 Å². The van der Waals surface area contributed by atoms with Crippen molar-refractivity contribution >= 4 is 75.5 Å². The summed E-state index contributed by atoms with van der Waals surface area (Å²) in [6.45, 7) is 1.97. The molecule has 1 aliphatic rings. The van der Waals surface area contributed by atoms with Gasteiger partial charge in [-0.05, 0) is 73.7 Å². The van der Waals surface area contributed by atoms with E-state index in [1.807, 2.05) is 0 Å². The van der Waals surface area contributed by atoms with Gasteiger partial charge in [-0.2, -0.15) is 0 Å². The zero-order chi connectivity index (χ0) is 28.1. The zero-order valence-corrected chi connectivity index (χ0v) is 23.1. The van der Waals surface area contributed by atoms with Crippen molar-refractivity contribution in [2.45, 2.75) is 19.4 Å². The minimum atomic E-state index is -1.04. The number of anilines is 3. The van der Waals surface area contributed by atoms with E-state index in [0.717, 1.165) is 0 Å². The van der Waals surface area contributed by atoms with Gasteiger partial charge >= 0.3 is 5.97 Å². The predicted octanol–water partition coefficient (Wildman–Crippen LogP) is 4.93. The Hall–Kier alpha value is -3.93. The van der Waals surface area contributed by atoms with Crippen LogP contribution >= 0.6 is 35.4 Å². The Bertz CT molecular complexity index is 1400. The van der Waals surface area contributed by atoms with E-state index in [1.54, 1.807) is 43.3 Å². The summed E-state index contributed by atoms with van der Waals surface area (Å²) in [7, 11) is 1.54. The van der Waals surface area contributed by atoms with Gasteiger partial charge in [-0.15, -0.1) is 0 Å². The third-order valence-electron chi connectivity index (χ3n) is 5.64. The van der Waals surface area contributed by atoms with Gasteiger partial charge in [0, 0.05) is 11.9 Å². The summed E-state index contributed by atoms with van der Waals surface area (Å²) < 4.78 is 10.2. The fraction of sp³-hybridized carbons (Fsp3) is 0.192. The van der Waals surface area contributed by atoms with E-state index in [1.165, 1.54) is 41.4 Å². The molecule has 0 spiro atoms.